The number of rotatable bonds is 4. The highest BCUT2D eigenvalue weighted by Gasteiger charge is 2.13. The van der Waals surface area contributed by atoms with Crippen molar-refractivity contribution >= 4 is 11.6 Å². The molecule has 2 rings (SSSR count). The Morgan fingerprint density at radius 3 is 2.78 bits per heavy atom. The maximum Gasteiger partial charge on any atom is 0.223 e. The average molecular weight is 248 g/mol. The van der Waals surface area contributed by atoms with Gasteiger partial charge in [0.15, 0.2) is 5.82 Å². The van der Waals surface area contributed by atoms with Crippen molar-refractivity contribution in [1.29, 1.82) is 0 Å². The minimum atomic E-state index is 0.237. The molecule has 3 N–H and O–H groups in total. The van der Waals surface area contributed by atoms with Crippen LogP contribution in [0.5, 0.6) is 0 Å². The van der Waals surface area contributed by atoms with Gasteiger partial charge in [-0.1, -0.05) is 19.0 Å². The molecule has 2 heterocycles. The van der Waals surface area contributed by atoms with Crippen LogP contribution in [0.15, 0.2) is 10.9 Å². The molecule has 0 bridgehead atoms. The molecule has 0 amide bonds. The maximum absolute atomic E-state index is 5.85. The lowest BCUT2D eigenvalue weighted by Crippen LogP contribution is -2.10. The lowest BCUT2D eigenvalue weighted by atomic mass is 10.0. The largest absolute Gasteiger partial charge is 0.383 e. The Balaban J connectivity index is 2.16. The Morgan fingerprint density at radius 2 is 2.17 bits per heavy atom. The summed E-state index contributed by atoms with van der Waals surface area (Å²) in [4.78, 5) is 12.3. The van der Waals surface area contributed by atoms with Crippen molar-refractivity contribution in [2.75, 3.05) is 11.1 Å². The summed E-state index contributed by atoms with van der Waals surface area (Å²) in [5, 5.41) is 6.95. The smallest absolute Gasteiger partial charge is 0.223 e. The molecule has 0 radical (unpaired) electrons. The number of nitrogens with two attached hydrogens (primary N) is 1. The van der Waals surface area contributed by atoms with Crippen LogP contribution in [0.3, 0.4) is 0 Å². The highest BCUT2D eigenvalue weighted by Crippen LogP contribution is 2.26. The van der Waals surface area contributed by atoms with Crippen LogP contribution in [0, 0.1) is 6.92 Å². The summed E-state index contributed by atoms with van der Waals surface area (Å²) in [7, 11) is 0. The van der Waals surface area contributed by atoms with E-state index in [0.717, 1.165) is 5.56 Å². The first-order valence-electron chi connectivity index (χ1n) is 5.71. The van der Waals surface area contributed by atoms with Gasteiger partial charge in [0, 0.05) is 12.5 Å². The Kier molecular flexibility index (Phi) is 3.40. The fourth-order valence-electron chi connectivity index (χ4n) is 1.70. The fraction of sp³-hybridized carbons (Fsp3) is 0.455. The van der Waals surface area contributed by atoms with Crippen LogP contribution in [0.2, 0.25) is 0 Å². The predicted octanol–water partition coefficient (Wildman–Crippen LogP) is 1.49. The van der Waals surface area contributed by atoms with E-state index in [4.69, 9.17) is 10.3 Å². The summed E-state index contributed by atoms with van der Waals surface area (Å²) in [5.41, 5.74) is 6.76. The van der Waals surface area contributed by atoms with Crippen molar-refractivity contribution in [3.05, 3.63) is 23.6 Å². The summed E-state index contributed by atoms with van der Waals surface area (Å²) in [5.74, 6) is 2.56. The summed E-state index contributed by atoms with van der Waals surface area (Å²) in [6.07, 6.45) is 1.44. The number of hydrogen-bond donors (Lipinski definition) is 2. The molecule has 0 unspecified atom stereocenters. The zero-order chi connectivity index (χ0) is 13.1. The Morgan fingerprint density at radius 1 is 1.39 bits per heavy atom. The van der Waals surface area contributed by atoms with E-state index >= 15 is 0 Å². The van der Waals surface area contributed by atoms with Gasteiger partial charge in [0.2, 0.25) is 5.89 Å². The van der Waals surface area contributed by atoms with Gasteiger partial charge in [0.1, 0.15) is 18.0 Å². The number of aromatic nitrogens is 4. The molecule has 0 fully saturated rings. The van der Waals surface area contributed by atoms with Gasteiger partial charge >= 0.3 is 0 Å². The third kappa shape index (κ3) is 2.55. The van der Waals surface area contributed by atoms with Gasteiger partial charge in [0.05, 0.1) is 6.54 Å². The lowest BCUT2D eigenvalue weighted by molar-refractivity contribution is 0.388. The predicted molar refractivity (Wildman–Crippen MR) is 66.9 cm³/mol. The van der Waals surface area contributed by atoms with Crippen LogP contribution < -0.4 is 11.1 Å². The van der Waals surface area contributed by atoms with E-state index < -0.39 is 0 Å². The first-order chi connectivity index (χ1) is 8.58. The molecule has 96 valence electrons. The molecule has 7 heteroatoms. The van der Waals surface area contributed by atoms with Gasteiger partial charge in [-0.2, -0.15) is 4.98 Å². The molecule has 0 saturated carbocycles. The monoisotopic (exact) mass is 248 g/mol. The van der Waals surface area contributed by atoms with Crippen molar-refractivity contribution in [1.82, 2.24) is 20.1 Å². The third-order valence-corrected chi connectivity index (χ3v) is 2.48. The van der Waals surface area contributed by atoms with Gasteiger partial charge in [-0.15, -0.1) is 0 Å². The number of nitrogen functional groups attached to an aromatic ring is 1. The van der Waals surface area contributed by atoms with Gasteiger partial charge in [-0.3, -0.25) is 0 Å². The molecular formula is C11H16N6O. The molecule has 0 spiro atoms. The van der Waals surface area contributed by atoms with Crippen LogP contribution in [0.4, 0.5) is 11.6 Å². The number of nitrogens with zero attached hydrogens (tertiary/aromatic N) is 4. The van der Waals surface area contributed by atoms with Gasteiger partial charge in [0.25, 0.3) is 0 Å². The average Bonchev–Trinajstić information content (AvgIpc) is 2.72. The van der Waals surface area contributed by atoms with Gasteiger partial charge in [-0.25, -0.2) is 9.97 Å². The Labute approximate surface area is 105 Å². The van der Waals surface area contributed by atoms with E-state index in [2.05, 4.69) is 25.4 Å². The normalized spacial score (nSPS) is 10.9. The fourth-order valence-corrected chi connectivity index (χ4v) is 1.70. The minimum Gasteiger partial charge on any atom is -0.383 e. The molecule has 0 aromatic carbocycles. The molecule has 0 atom stereocenters. The second-order valence-electron chi connectivity index (χ2n) is 4.26. The molecule has 2 aromatic rings. The van der Waals surface area contributed by atoms with Crippen molar-refractivity contribution in [2.45, 2.75) is 33.2 Å². The van der Waals surface area contributed by atoms with Crippen molar-refractivity contribution in [3.8, 4) is 0 Å². The van der Waals surface area contributed by atoms with Crippen molar-refractivity contribution in [3.63, 3.8) is 0 Å². The molecule has 18 heavy (non-hydrogen) atoms. The van der Waals surface area contributed by atoms with E-state index in [-0.39, 0.29) is 5.92 Å². The van der Waals surface area contributed by atoms with E-state index in [1.165, 1.54) is 6.33 Å². The molecule has 0 aliphatic carbocycles. The minimum absolute atomic E-state index is 0.237. The zero-order valence-electron chi connectivity index (χ0n) is 10.6. The van der Waals surface area contributed by atoms with E-state index in [9.17, 15) is 0 Å². The van der Waals surface area contributed by atoms with Gasteiger partial charge in [-0.05, 0) is 5.92 Å². The number of anilines is 2. The molecule has 7 nitrogen and oxygen atoms in total. The van der Waals surface area contributed by atoms with Crippen LogP contribution >= 0.6 is 0 Å². The first kappa shape index (κ1) is 12.3. The van der Waals surface area contributed by atoms with Crippen LogP contribution in [0.25, 0.3) is 0 Å². The Bertz CT molecular complexity index is 536. The summed E-state index contributed by atoms with van der Waals surface area (Å²) >= 11 is 0. The van der Waals surface area contributed by atoms with Crippen molar-refractivity contribution < 1.29 is 4.52 Å². The number of aryl methyl sites for hydroxylation is 1. The zero-order valence-corrected chi connectivity index (χ0v) is 10.6. The van der Waals surface area contributed by atoms with Crippen LogP contribution in [0.1, 0.15) is 37.0 Å². The van der Waals surface area contributed by atoms with Crippen LogP contribution in [-0.2, 0) is 6.54 Å². The van der Waals surface area contributed by atoms with E-state index in [0.29, 0.717) is 29.9 Å². The van der Waals surface area contributed by atoms with Crippen molar-refractivity contribution in [2.24, 2.45) is 0 Å². The quantitative estimate of drug-likeness (QED) is 0.844. The second-order valence-corrected chi connectivity index (χ2v) is 4.26. The molecule has 2 aromatic heterocycles. The highest BCUT2D eigenvalue weighted by molar-refractivity contribution is 5.56. The Hall–Kier alpha value is -2.18. The lowest BCUT2D eigenvalue weighted by Gasteiger charge is -2.13. The highest BCUT2D eigenvalue weighted by atomic mass is 16.5. The number of nitrogens with one attached hydrogen (secondary N) is 1. The van der Waals surface area contributed by atoms with Gasteiger partial charge < -0.3 is 15.6 Å². The molecule has 0 aliphatic rings. The topological polar surface area (TPSA) is 103 Å². The first-order valence-corrected chi connectivity index (χ1v) is 5.71. The van der Waals surface area contributed by atoms with E-state index in [1.807, 2.05) is 13.8 Å². The standard InChI is InChI=1S/C11H16N6O/c1-6(2)9-10(12)14-5-15-11(9)13-4-8-16-7(3)18-17-8/h5-6H,4H2,1-3H3,(H3,12,13,14,15). The van der Waals surface area contributed by atoms with Crippen LogP contribution in [-0.4, -0.2) is 20.1 Å². The second kappa shape index (κ2) is 4.99. The third-order valence-electron chi connectivity index (χ3n) is 2.48. The molecular weight excluding hydrogens is 232 g/mol. The maximum atomic E-state index is 5.85. The summed E-state index contributed by atoms with van der Waals surface area (Å²) in [6.45, 7) is 6.27. The molecule has 0 saturated heterocycles. The number of hydrogen-bond acceptors (Lipinski definition) is 7. The molecule has 0 aliphatic heterocycles. The van der Waals surface area contributed by atoms with E-state index in [1.54, 1.807) is 6.92 Å². The summed E-state index contributed by atoms with van der Waals surface area (Å²) < 4.78 is 4.90. The SMILES string of the molecule is Cc1nc(CNc2ncnc(N)c2C(C)C)no1. The summed E-state index contributed by atoms with van der Waals surface area (Å²) in [6, 6.07) is 0.